The second-order valence-electron chi connectivity index (χ2n) is 4.60. The number of carbonyl (C=O) groups excluding carboxylic acids is 1. The van der Waals surface area contributed by atoms with Crippen LogP contribution in [0.5, 0.6) is 0 Å². The van der Waals surface area contributed by atoms with Crippen LogP contribution in [-0.2, 0) is 6.42 Å². The normalized spacial score (nSPS) is 10.4. The third-order valence-corrected chi connectivity index (χ3v) is 3.86. The predicted molar refractivity (Wildman–Crippen MR) is 86.9 cm³/mol. The Bertz CT molecular complexity index is 768. The molecule has 0 aliphatic rings. The number of amides is 1. The molecule has 0 aromatic carbocycles. The van der Waals surface area contributed by atoms with Gasteiger partial charge in [0.2, 0.25) is 0 Å². The number of nitrogens with one attached hydrogen (secondary N) is 1. The van der Waals surface area contributed by atoms with Crippen LogP contribution in [0.15, 0.2) is 48.1 Å². The highest BCUT2D eigenvalue weighted by atomic mass is 32.1. The predicted octanol–water partition coefficient (Wildman–Crippen LogP) is 3.41. The third-order valence-electron chi connectivity index (χ3n) is 3.10. The topological polar surface area (TPSA) is 67.8 Å². The molecule has 5 nitrogen and oxygen atoms in total. The van der Waals surface area contributed by atoms with E-state index >= 15 is 0 Å². The molecule has 0 aliphatic carbocycles. The highest BCUT2D eigenvalue weighted by molar-refractivity contribution is 7.14. The van der Waals surface area contributed by atoms with E-state index in [0.29, 0.717) is 10.7 Å². The van der Waals surface area contributed by atoms with Crippen molar-refractivity contribution in [3.8, 4) is 11.4 Å². The fourth-order valence-corrected chi connectivity index (χ4v) is 2.60. The average molecular weight is 310 g/mol. The zero-order valence-electron chi connectivity index (χ0n) is 12.0. The number of anilines is 1. The van der Waals surface area contributed by atoms with Crippen molar-refractivity contribution >= 4 is 22.4 Å². The number of hydrogen-bond donors (Lipinski definition) is 1. The fourth-order valence-electron chi connectivity index (χ4n) is 1.90. The van der Waals surface area contributed by atoms with Crippen molar-refractivity contribution < 1.29 is 4.79 Å². The molecule has 3 rings (SSSR count). The van der Waals surface area contributed by atoms with E-state index in [1.54, 1.807) is 18.5 Å². The van der Waals surface area contributed by atoms with Crippen LogP contribution in [0.1, 0.15) is 23.0 Å². The summed E-state index contributed by atoms with van der Waals surface area (Å²) in [7, 11) is 0. The Balaban J connectivity index is 1.73. The van der Waals surface area contributed by atoms with Crippen molar-refractivity contribution in [3.05, 3.63) is 59.4 Å². The van der Waals surface area contributed by atoms with Crippen LogP contribution in [0.3, 0.4) is 0 Å². The molecule has 0 bridgehead atoms. The second-order valence-corrected chi connectivity index (χ2v) is 5.46. The van der Waals surface area contributed by atoms with Gasteiger partial charge in [0.15, 0.2) is 5.13 Å². The molecule has 110 valence electrons. The summed E-state index contributed by atoms with van der Waals surface area (Å²) in [6.07, 6.45) is 4.15. The average Bonchev–Trinajstić information content (AvgIpc) is 3.04. The molecule has 1 N–H and O–H groups in total. The van der Waals surface area contributed by atoms with Crippen LogP contribution in [0.25, 0.3) is 11.4 Å². The van der Waals surface area contributed by atoms with Crippen LogP contribution < -0.4 is 5.32 Å². The first-order chi connectivity index (χ1) is 10.8. The van der Waals surface area contributed by atoms with Gasteiger partial charge in [0.1, 0.15) is 5.69 Å². The summed E-state index contributed by atoms with van der Waals surface area (Å²) in [6, 6.07) is 9.27. The Hall–Kier alpha value is -2.60. The number of aryl methyl sites for hydroxylation is 1. The fraction of sp³-hybridized carbons (Fsp3) is 0.125. The Labute approximate surface area is 132 Å². The summed E-state index contributed by atoms with van der Waals surface area (Å²) in [5.74, 6) is -0.211. The van der Waals surface area contributed by atoms with Crippen molar-refractivity contribution in [2.45, 2.75) is 13.3 Å². The molecule has 0 spiro atoms. The van der Waals surface area contributed by atoms with Gasteiger partial charge < -0.3 is 0 Å². The second kappa shape index (κ2) is 6.44. The van der Waals surface area contributed by atoms with Crippen LogP contribution in [0, 0.1) is 0 Å². The maximum Gasteiger partial charge on any atom is 0.259 e. The van der Waals surface area contributed by atoms with E-state index in [1.165, 1.54) is 11.3 Å². The molecular formula is C16H14N4OS. The van der Waals surface area contributed by atoms with E-state index in [9.17, 15) is 4.79 Å². The Kier molecular flexibility index (Phi) is 4.20. The van der Waals surface area contributed by atoms with Crippen molar-refractivity contribution in [1.82, 2.24) is 15.0 Å². The number of pyridine rings is 2. The number of aromatic nitrogens is 3. The first-order valence-corrected chi connectivity index (χ1v) is 7.77. The van der Waals surface area contributed by atoms with Crippen molar-refractivity contribution in [2.24, 2.45) is 0 Å². The minimum atomic E-state index is -0.211. The number of rotatable bonds is 4. The molecule has 1 amide bonds. The van der Waals surface area contributed by atoms with Gasteiger partial charge in [0, 0.05) is 23.5 Å². The lowest BCUT2D eigenvalue weighted by atomic mass is 10.2. The maximum atomic E-state index is 12.2. The number of nitrogens with zero attached hydrogens (tertiary/aromatic N) is 3. The Morgan fingerprint density at radius 3 is 2.77 bits per heavy atom. The molecule has 22 heavy (non-hydrogen) atoms. The van der Waals surface area contributed by atoms with Gasteiger partial charge >= 0.3 is 0 Å². The van der Waals surface area contributed by atoms with Crippen molar-refractivity contribution in [2.75, 3.05) is 5.32 Å². The molecule has 0 aliphatic heterocycles. The molecule has 0 saturated heterocycles. The highest BCUT2D eigenvalue weighted by Gasteiger charge is 2.10. The largest absolute Gasteiger partial charge is 0.298 e. The van der Waals surface area contributed by atoms with E-state index in [4.69, 9.17) is 0 Å². The van der Waals surface area contributed by atoms with E-state index < -0.39 is 0 Å². The molecule has 0 radical (unpaired) electrons. The Morgan fingerprint density at radius 1 is 1.18 bits per heavy atom. The van der Waals surface area contributed by atoms with Crippen molar-refractivity contribution in [3.63, 3.8) is 0 Å². The zero-order chi connectivity index (χ0) is 15.4. The van der Waals surface area contributed by atoms with Gasteiger partial charge in [0.25, 0.3) is 5.91 Å². The highest BCUT2D eigenvalue weighted by Crippen LogP contribution is 2.23. The molecule has 3 aromatic heterocycles. The van der Waals surface area contributed by atoms with Gasteiger partial charge in [-0.25, -0.2) is 4.98 Å². The van der Waals surface area contributed by atoms with Gasteiger partial charge in [-0.1, -0.05) is 13.0 Å². The summed E-state index contributed by atoms with van der Waals surface area (Å²) >= 11 is 1.37. The maximum absolute atomic E-state index is 12.2. The van der Waals surface area contributed by atoms with E-state index in [1.807, 2.05) is 36.6 Å². The molecule has 3 aromatic rings. The molecule has 0 atom stereocenters. The lowest BCUT2D eigenvalue weighted by Gasteiger charge is -2.02. The first kappa shape index (κ1) is 14.3. The van der Waals surface area contributed by atoms with Gasteiger partial charge in [-0.05, 0) is 30.7 Å². The summed E-state index contributed by atoms with van der Waals surface area (Å²) in [4.78, 5) is 25.0. The van der Waals surface area contributed by atoms with E-state index in [0.717, 1.165) is 23.5 Å². The summed E-state index contributed by atoms with van der Waals surface area (Å²) < 4.78 is 0. The van der Waals surface area contributed by atoms with Gasteiger partial charge in [-0.2, -0.15) is 0 Å². The number of carbonyl (C=O) groups is 1. The van der Waals surface area contributed by atoms with Crippen LogP contribution >= 0.6 is 11.3 Å². The summed E-state index contributed by atoms with van der Waals surface area (Å²) in [6.45, 7) is 2.02. The van der Waals surface area contributed by atoms with Crippen LogP contribution in [-0.4, -0.2) is 20.9 Å². The van der Waals surface area contributed by atoms with Gasteiger partial charge in [-0.3, -0.25) is 20.1 Å². The van der Waals surface area contributed by atoms with E-state index in [2.05, 4.69) is 20.3 Å². The van der Waals surface area contributed by atoms with Crippen LogP contribution in [0.4, 0.5) is 5.13 Å². The lowest BCUT2D eigenvalue weighted by Crippen LogP contribution is -2.12. The standard InChI is InChI=1S/C16H14N4OS/c1-2-12-7-6-11(9-18-12)15(21)20-16-19-14(10-22-16)13-5-3-4-8-17-13/h3-10H,2H2,1H3,(H,19,20,21). The SMILES string of the molecule is CCc1ccc(C(=O)Nc2nc(-c3ccccn3)cs2)cn1. The number of hydrogen-bond acceptors (Lipinski definition) is 5. The molecule has 3 heterocycles. The first-order valence-electron chi connectivity index (χ1n) is 6.89. The molecule has 0 saturated carbocycles. The molecule has 0 fully saturated rings. The minimum absolute atomic E-state index is 0.211. The molecular weight excluding hydrogens is 296 g/mol. The monoisotopic (exact) mass is 310 g/mol. The molecule has 0 unspecified atom stereocenters. The summed E-state index contributed by atoms with van der Waals surface area (Å²) in [5, 5.41) is 5.20. The van der Waals surface area contributed by atoms with Crippen molar-refractivity contribution in [1.29, 1.82) is 0 Å². The number of thiazole rings is 1. The van der Waals surface area contributed by atoms with Gasteiger partial charge in [0.05, 0.1) is 11.3 Å². The lowest BCUT2D eigenvalue weighted by molar-refractivity contribution is 0.102. The Morgan fingerprint density at radius 2 is 2.09 bits per heavy atom. The van der Waals surface area contributed by atoms with Crippen LogP contribution in [0.2, 0.25) is 0 Å². The summed E-state index contributed by atoms with van der Waals surface area (Å²) in [5.41, 5.74) is 3.02. The smallest absolute Gasteiger partial charge is 0.259 e. The molecule has 6 heteroatoms. The quantitative estimate of drug-likeness (QED) is 0.802. The zero-order valence-corrected chi connectivity index (χ0v) is 12.8. The minimum Gasteiger partial charge on any atom is -0.298 e. The third kappa shape index (κ3) is 3.17. The van der Waals surface area contributed by atoms with Gasteiger partial charge in [-0.15, -0.1) is 11.3 Å². The van der Waals surface area contributed by atoms with E-state index in [-0.39, 0.29) is 5.91 Å².